The second-order valence-corrected chi connectivity index (χ2v) is 6.79. The lowest BCUT2D eigenvalue weighted by molar-refractivity contribution is -0.129. The molecule has 130 valence electrons. The molecule has 6 heteroatoms. The molecule has 0 radical (unpaired) electrons. The molecule has 0 saturated carbocycles. The highest BCUT2D eigenvalue weighted by atomic mass is 79.9. The lowest BCUT2D eigenvalue weighted by atomic mass is 10.0. The number of ketones is 1. The maximum Gasteiger partial charge on any atom is 0.241 e. The van der Waals surface area contributed by atoms with Gasteiger partial charge in [-0.05, 0) is 18.2 Å². The third-order valence-corrected chi connectivity index (χ3v) is 4.66. The second-order valence-electron chi connectivity index (χ2n) is 5.87. The van der Waals surface area contributed by atoms with Gasteiger partial charge in [0, 0.05) is 47.5 Å². The zero-order valence-corrected chi connectivity index (χ0v) is 15.4. The van der Waals surface area contributed by atoms with Crippen LogP contribution in [0.4, 0.5) is 5.69 Å². The summed E-state index contributed by atoms with van der Waals surface area (Å²) in [5.41, 5.74) is 1.84. The largest absolute Gasteiger partial charge is 0.376 e. The quantitative estimate of drug-likeness (QED) is 0.755. The molecule has 2 aromatic carbocycles. The van der Waals surface area contributed by atoms with Gasteiger partial charge in [0.05, 0.1) is 6.54 Å². The molecule has 0 unspecified atom stereocenters. The van der Waals surface area contributed by atoms with Crippen LogP contribution in [0.15, 0.2) is 53.0 Å². The normalized spacial score (nSPS) is 14.2. The Morgan fingerprint density at radius 1 is 1.08 bits per heavy atom. The van der Waals surface area contributed by atoms with Gasteiger partial charge in [-0.15, -0.1) is 0 Å². The van der Waals surface area contributed by atoms with Crippen molar-refractivity contribution in [1.82, 2.24) is 10.2 Å². The Morgan fingerprint density at radius 2 is 1.80 bits per heavy atom. The molecule has 0 bridgehead atoms. The number of carbonyl (C=O) groups excluding carboxylic acids is 2. The number of hydrogen-bond acceptors (Lipinski definition) is 4. The van der Waals surface area contributed by atoms with Crippen LogP contribution in [0.1, 0.15) is 15.9 Å². The van der Waals surface area contributed by atoms with Crippen LogP contribution in [-0.2, 0) is 4.79 Å². The van der Waals surface area contributed by atoms with Crippen molar-refractivity contribution in [3.63, 3.8) is 0 Å². The van der Waals surface area contributed by atoms with Crippen molar-refractivity contribution >= 4 is 33.3 Å². The molecular weight excluding hydrogens is 382 g/mol. The summed E-state index contributed by atoms with van der Waals surface area (Å²) >= 11 is 3.42. The number of nitrogens with zero attached hydrogens (tertiary/aromatic N) is 1. The highest BCUT2D eigenvalue weighted by Gasteiger charge is 2.18. The average molecular weight is 402 g/mol. The summed E-state index contributed by atoms with van der Waals surface area (Å²) in [6.45, 7) is 3.26. The van der Waals surface area contributed by atoms with E-state index in [4.69, 9.17) is 0 Å². The number of rotatable bonds is 5. The van der Waals surface area contributed by atoms with Gasteiger partial charge >= 0.3 is 0 Å². The van der Waals surface area contributed by atoms with Crippen LogP contribution in [0.5, 0.6) is 0 Å². The van der Waals surface area contributed by atoms with E-state index in [1.807, 2.05) is 35.2 Å². The standard InChI is InChI=1S/C19H20BrN3O2/c20-15-6-7-17(22-13-18(24)23-10-8-21-9-11-23)16(12-15)19(25)14-4-2-1-3-5-14/h1-7,12,21-22H,8-11,13H2. The van der Waals surface area contributed by atoms with E-state index in [2.05, 4.69) is 26.6 Å². The van der Waals surface area contributed by atoms with Gasteiger partial charge in [0.25, 0.3) is 0 Å². The van der Waals surface area contributed by atoms with E-state index in [-0.39, 0.29) is 18.2 Å². The van der Waals surface area contributed by atoms with Gasteiger partial charge in [0.15, 0.2) is 5.78 Å². The predicted octanol–water partition coefficient (Wildman–Crippen LogP) is 2.52. The first-order chi connectivity index (χ1) is 12.1. The summed E-state index contributed by atoms with van der Waals surface area (Å²) in [6.07, 6.45) is 0. The molecule has 25 heavy (non-hydrogen) atoms. The number of anilines is 1. The van der Waals surface area contributed by atoms with Crippen molar-refractivity contribution in [3.8, 4) is 0 Å². The Labute approximate surface area is 155 Å². The van der Waals surface area contributed by atoms with Gasteiger partial charge in [-0.25, -0.2) is 0 Å². The van der Waals surface area contributed by atoms with Crippen LogP contribution in [0, 0.1) is 0 Å². The Kier molecular flexibility index (Phi) is 5.83. The van der Waals surface area contributed by atoms with Crippen LogP contribution in [0.3, 0.4) is 0 Å². The summed E-state index contributed by atoms with van der Waals surface area (Å²) in [5, 5.41) is 6.36. The van der Waals surface area contributed by atoms with Gasteiger partial charge in [0.1, 0.15) is 0 Å². The Morgan fingerprint density at radius 3 is 2.52 bits per heavy atom. The lowest BCUT2D eigenvalue weighted by Gasteiger charge is -2.27. The number of benzene rings is 2. The number of halogens is 1. The van der Waals surface area contributed by atoms with Gasteiger partial charge < -0.3 is 15.5 Å². The zero-order valence-electron chi connectivity index (χ0n) is 13.8. The second kappa shape index (κ2) is 8.27. The molecule has 3 rings (SSSR count). The molecule has 5 nitrogen and oxygen atoms in total. The number of nitrogens with one attached hydrogen (secondary N) is 2. The molecule has 1 amide bonds. The van der Waals surface area contributed by atoms with Crippen molar-refractivity contribution in [3.05, 3.63) is 64.1 Å². The first kappa shape index (κ1) is 17.6. The first-order valence-electron chi connectivity index (χ1n) is 8.27. The van der Waals surface area contributed by atoms with E-state index in [1.165, 1.54) is 0 Å². The summed E-state index contributed by atoms with van der Waals surface area (Å²) < 4.78 is 0.825. The van der Waals surface area contributed by atoms with Crippen LogP contribution in [-0.4, -0.2) is 49.3 Å². The van der Waals surface area contributed by atoms with Crippen molar-refractivity contribution in [2.24, 2.45) is 0 Å². The minimum absolute atomic E-state index is 0.0440. The molecule has 1 aliphatic heterocycles. The minimum atomic E-state index is -0.0704. The molecule has 1 heterocycles. The van der Waals surface area contributed by atoms with Crippen LogP contribution < -0.4 is 10.6 Å². The van der Waals surface area contributed by atoms with Crippen molar-refractivity contribution in [2.45, 2.75) is 0 Å². The summed E-state index contributed by atoms with van der Waals surface area (Å²) in [4.78, 5) is 27.0. The molecule has 0 aromatic heterocycles. The third kappa shape index (κ3) is 4.46. The van der Waals surface area contributed by atoms with Crippen LogP contribution in [0.2, 0.25) is 0 Å². The Hall–Kier alpha value is -2.18. The van der Waals surface area contributed by atoms with E-state index in [1.54, 1.807) is 18.2 Å². The molecular formula is C19H20BrN3O2. The van der Waals surface area contributed by atoms with E-state index < -0.39 is 0 Å². The number of piperazine rings is 1. The monoisotopic (exact) mass is 401 g/mol. The van der Waals surface area contributed by atoms with E-state index in [9.17, 15) is 9.59 Å². The average Bonchev–Trinajstić information content (AvgIpc) is 2.67. The lowest BCUT2D eigenvalue weighted by Crippen LogP contribution is -2.48. The molecule has 2 N–H and O–H groups in total. The summed E-state index contributed by atoms with van der Waals surface area (Å²) in [7, 11) is 0. The van der Waals surface area contributed by atoms with Crippen molar-refractivity contribution in [2.75, 3.05) is 38.0 Å². The Balaban J connectivity index is 1.75. The molecule has 1 aliphatic rings. The summed E-state index contributed by atoms with van der Waals surface area (Å²) in [5.74, 6) is -0.0263. The van der Waals surface area contributed by atoms with Gasteiger partial charge in [0.2, 0.25) is 5.91 Å². The van der Waals surface area contributed by atoms with E-state index >= 15 is 0 Å². The Bertz CT molecular complexity index is 759. The van der Waals surface area contributed by atoms with Crippen molar-refractivity contribution in [1.29, 1.82) is 0 Å². The number of amides is 1. The molecule has 1 saturated heterocycles. The van der Waals surface area contributed by atoms with Gasteiger partial charge in [-0.1, -0.05) is 46.3 Å². The maximum absolute atomic E-state index is 12.8. The number of carbonyl (C=O) groups is 2. The van der Waals surface area contributed by atoms with E-state index in [0.717, 1.165) is 30.7 Å². The van der Waals surface area contributed by atoms with E-state index in [0.29, 0.717) is 16.8 Å². The third-order valence-electron chi connectivity index (χ3n) is 4.16. The molecule has 1 fully saturated rings. The van der Waals surface area contributed by atoms with Crippen molar-refractivity contribution < 1.29 is 9.59 Å². The number of hydrogen-bond donors (Lipinski definition) is 2. The molecule has 2 aromatic rings. The topological polar surface area (TPSA) is 61.4 Å². The fourth-order valence-electron chi connectivity index (χ4n) is 2.80. The molecule has 0 atom stereocenters. The highest BCUT2D eigenvalue weighted by Crippen LogP contribution is 2.24. The summed E-state index contributed by atoms with van der Waals surface area (Å²) in [6, 6.07) is 14.6. The fourth-order valence-corrected chi connectivity index (χ4v) is 3.16. The van der Waals surface area contributed by atoms with Crippen LogP contribution in [0.25, 0.3) is 0 Å². The predicted molar refractivity (Wildman–Crippen MR) is 102 cm³/mol. The zero-order chi connectivity index (χ0) is 17.6. The molecule has 0 spiro atoms. The smallest absolute Gasteiger partial charge is 0.241 e. The molecule has 0 aliphatic carbocycles. The van der Waals surface area contributed by atoms with Gasteiger partial charge in [-0.2, -0.15) is 0 Å². The minimum Gasteiger partial charge on any atom is -0.376 e. The highest BCUT2D eigenvalue weighted by molar-refractivity contribution is 9.10. The fraction of sp³-hybridized carbons (Fsp3) is 0.263. The van der Waals surface area contributed by atoms with Gasteiger partial charge in [-0.3, -0.25) is 9.59 Å². The van der Waals surface area contributed by atoms with Crippen LogP contribution >= 0.6 is 15.9 Å². The SMILES string of the molecule is O=C(c1ccccc1)c1cc(Br)ccc1NCC(=O)N1CCNCC1. The maximum atomic E-state index is 12.8. The first-order valence-corrected chi connectivity index (χ1v) is 9.06.